The molecule has 3 aliphatic rings. The summed E-state index contributed by atoms with van der Waals surface area (Å²) in [5.41, 5.74) is 2.99. The normalized spacial score (nSPS) is 39.2. The van der Waals surface area contributed by atoms with Gasteiger partial charge in [-0.15, -0.1) is 0 Å². The Morgan fingerprint density at radius 2 is 1.59 bits per heavy atom. The van der Waals surface area contributed by atoms with Gasteiger partial charge in [0, 0.05) is 0 Å². The predicted octanol–water partition coefficient (Wildman–Crippen LogP) is -0.818. The van der Waals surface area contributed by atoms with Crippen molar-refractivity contribution in [2.75, 3.05) is 6.61 Å². The van der Waals surface area contributed by atoms with Gasteiger partial charge in [0.2, 0.25) is 0 Å². The van der Waals surface area contributed by atoms with Gasteiger partial charge in [-0.25, -0.2) is 0 Å². The third-order valence-corrected chi connectivity index (χ3v) is 3.43. The summed E-state index contributed by atoms with van der Waals surface area (Å²) in [4.78, 5) is 0. The minimum atomic E-state index is -1.31. The van der Waals surface area contributed by atoms with Crippen LogP contribution in [0.15, 0.2) is 18.2 Å². The molecule has 1 fully saturated rings. The summed E-state index contributed by atoms with van der Waals surface area (Å²) >= 11 is 0. The van der Waals surface area contributed by atoms with Crippen molar-refractivity contribution in [3.8, 4) is 11.1 Å². The molecule has 0 radical (unpaired) electrons. The molecule has 17 heavy (non-hydrogen) atoms. The van der Waals surface area contributed by atoms with Gasteiger partial charge in [0.25, 0.3) is 0 Å². The van der Waals surface area contributed by atoms with Crippen LogP contribution in [0.3, 0.4) is 0 Å². The van der Waals surface area contributed by atoms with Crippen molar-refractivity contribution in [2.24, 2.45) is 0 Å². The molecule has 5 nitrogen and oxygen atoms in total. The lowest BCUT2D eigenvalue weighted by Gasteiger charge is -2.40. The van der Waals surface area contributed by atoms with E-state index in [2.05, 4.69) is 0 Å². The summed E-state index contributed by atoms with van der Waals surface area (Å²) in [7, 11) is 0. The highest BCUT2D eigenvalue weighted by molar-refractivity contribution is 5.82. The average Bonchev–Trinajstić information content (AvgIpc) is 2.94. The second-order valence-electron chi connectivity index (χ2n) is 4.59. The van der Waals surface area contributed by atoms with Crippen LogP contribution in [0.2, 0.25) is 0 Å². The van der Waals surface area contributed by atoms with Gasteiger partial charge in [0.05, 0.1) is 6.61 Å². The highest BCUT2D eigenvalue weighted by atomic mass is 16.5. The lowest BCUT2D eigenvalue weighted by atomic mass is 9.92. The maximum Gasteiger partial charge on any atom is 0.113 e. The second kappa shape index (κ2) is 3.76. The van der Waals surface area contributed by atoms with E-state index in [0.29, 0.717) is 0 Å². The molecule has 0 aromatic rings. The molecule has 0 aromatic heterocycles. The first-order valence-electron chi connectivity index (χ1n) is 5.57. The molecule has 1 saturated heterocycles. The molecule has 0 spiro atoms. The summed E-state index contributed by atoms with van der Waals surface area (Å²) in [6.45, 7) is -0.395. The van der Waals surface area contributed by atoms with Gasteiger partial charge in [0.1, 0.15) is 30.5 Å². The van der Waals surface area contributed by atoms with E-state index in [-0.39, 0.29) is 0 Å². The van der Waals surface area contributed by atoms with E-state index in [4.69, 9.17) is 9.84 Å². The molecule has 0 saturated carbocycles. The van der Waals surface area contributed by atoms with E-state index < -0.39 is 37.1 Å². The fraction of sp³-hybridized carbons (Fsp3) is 0.500. The zero-order valence-corrected chi connectivity index (χ0v) is 9.02. The summed E-state index contributed by atoms with van der Waals surface area (Å²) < 4.78 is 5.43. The van der Waals surface area contributed by atoms with Crippen molar-refractivity contribution >= 4 is 0 Å². The molecule has 0 unspecified atom stereocenters. The summed E-state index contributed by atoms with van der Waals surface area (Å²) in [5.74, 6) is 0. The summed E-state index contributed by atoms with van der Waals surface area (Å²) in [6.07, 6.45) is -5.34. The summed E-state index contributed by atoms with van der Waals surface area (Å²) in [6, 6.07) is 5.75. The third-order valence-electron chi connectivity index (χ3n) is 3.43. The standard InChI is InChI=1S/C12H14O5/c13-4-8-9(14)10(15)11(16)12(17-8)7-2-5-1-6(5)3-7/h1-3,8-16H,4H2/t8-,9-,10+,11-,12+/m1/s1. The number of hydrogen-bond donors (Lipinski definition) is 4. The van der Waals surface area contributed by atoms with E-state index in [1.54, 1.807) is 0 Å². The van der Waals surface area contributed by atoms with E-state index in [1.165, 1.54) is 0 Å². The number of benzene rings is 1. The molecule has 92 valence electrons. The van der Waals surface area contributed by atoms with E-state index in [0.717, 1.165) is 16.7 Å². The molecular weight excluding hydrogens is 224 g/mol. The smallest absolute Gasteiger partial charge is 0.113 e. The molecule has 4 N–H and O–H groups in total. The van der Waals surface area contributed by atoms with E-state index in [9.17, 15) is 15.3 Å². The number of ether oxygens (including phenoxy) is 1. The van der Waals surface area contributed by atoms with Crippen LogP contribution in [0.1, 0.15) is 11.7 Å². The first kappa shape index (κ1) is 11.1. The quantitative estimate of drug-likeness (QED) is 0.549. The van der Waals surface area contributed by atoms with Crippen molar-refractivity contribution in [3.05, 3.63) is 23.8 Å². The second-order valence-corrected chi connectivity index (χ2v) is 4.59. The Morgan fingerprint density at radius 3 is 2.18 bits per heavy atom. The third kappa shape index (κ3) is 1.67. The van der Waals surface area contributed by atoms with Crippen LogP contribution in [0.25, 0.3) is 11.1 Å². The Labute approximate surface area is 97.9 Å². The SMILES string of the molecule is OC[C@H]1O[C@@H](c2cc3cc-3c2)[C@H](O)[C@@H](O)[C@@H]1O. The lowest BCUT2D eigenvalue weighted by molar-refractivity contribution is -0.231. The molecule has 2 aliphatic carbocycles. The van der Waals surface area contributed by atoms with Gasteiger partial charge in [-0.05, 0) is 34.9 Å². The zero-order valence-electron chi connectivity index (χ0n) is 9.02. The van der Waals surface area contributed by atoms with Crippen molar-refractivity contribution in [1.82, 2.24) is 0 Å². The zero-order chi connectivity index (χ0) is 12.2. The number of rotatable bonds is 2. The number of aliphatic hydroxyl groups is 4. The van der Waals surface area contributed by atoms with Gasteiger partial charge in [0.15, 0.2) is 0 Å². The summed E-state index contributed by atoms with van der Waals surface area (Å²) in [5, 5.41) is 38.2. The average molecular weight is 238 g/mol. The van der Waals surface area contributed by atoms with Gasteiger partial charge in [-0.2, -0.15) is 0 Å². The van der Waals surface area contributed by atoms with Crippen molar-refractivity contribution in [2.45, 2.75) is 30.5 Å². The Bertz CT molecular complexity index is 424. The fourth-order valence-electron chi connectivity index (χ4n) is 2.32. The Morgan fingerprint density at radius 1 is 0.941 bits per heavy atom. The first-order valence-corrected chi connectivity index (χ1v) is 5.57. The Balaban J connectivity index is 1.85. The van der Waals surface area contributed by atoms with Crippen molar-refractivity contribution in [3.63, 3.8) is 0 Å². The van der Waals surface area contributed by atoms with Crippen LogP contribution in [-0.4, -0.2) is 51.4 Å². The molecule has 1 heterocycles. The largest absolute Gasteiger partial charge is 0.394 e. The van der Waals surface area contributed by atoms with Gasteiger partial charge in [-0.1, -0.05) is 0 Å². The van der Waals surface area contributed by atoms with Crippen LogP contribution in [0.5, 0.6) is 0 Å². The van der Waals surface area contributed by atoms with Crippen LogP contribution >= 0.6 is 0 Å². The maximum atomic E-state index is 9.88. The highest BCUT2D eigenvalue weighted by Gasteiger charge is 2.44. The minimum absolute atomic E-state index is 0.395. The van der Waals surface area contributed by atoms with Crippen LogP contribution in [0.4, 0.5) is 0 Å². The number of aliphatic hydroxyl groups excluding tert-OH is 4. The molecular formula is C12H14O5. The van der Waals surface area contributed by atoms with Crippen molar-refractivity contribution in [1.29, 1.82) is 0 Å². The lowest BCUT2D eigenvalue weighted by Crippen LogP contribution is -2.55. The predicted molar refractivity (Wildman–Crippen MR) is 58.2 cm³/mol. The molecule has 0 aromatic carbocycles. The van der Waals surface area contributed by atoms with Gasteiger partial charge >= 0.3 is 0 Å². The Hall–Kier alpha value is -0.980. The van der Waals surface area contributed by atoms with Gasteiger partial charge in [-0.3, -0.25) is 0 Å². The van der Waals surface area contributed by atoms with Crippen LogP contribution < -0.4 is 0 Å². The van der Waals surface area contributed by atoms with Crippen LogP contribution in [0, 0.1) is 0 Å². The molecule has 0 amide bonds. The highest BCUT2D eigenvalue weighted by Crippen LogP contribution is 2.42. The maximum absolute atomic E-state index is 9.88. The topological polar surface area (TPSA) is 90.2 Å². The molecule has 0 bridgehead atoms. The van der Waals surface area contributed by atoms with E-state index in [1.807, 2.05) is 18.2 Å². The first-order chi connectivity index (χ1) is 8.11. The van der Waals surface area contributed by atoms with Gasteiger partial charge < -0.3 is 25.2 Å². The molecule has 1 aliphatic heterocycles. The number of fused-ring (bicyclic) bond motifs is 1. The Kier molecular flexibility index (Phi) is 2.46. The van der Waals surface area contributed by atoms with E-state index >= 15 is 0 Å². The molecule has 5 heteroatoms. The van der Waals surface area contributed by atoms with Crippen molar-refractivity contribution < 1.29 is 25.2 Å². The molecule has 3 rings (SSSR count). The minimum Gasteiger partial charge on any atom is -0.394 e. The number of hydrogen-bond acceptors (Lipinski definition) is 5. The molecule has 5 atom stereocenters. The van der Waals surface area contributed by atoms with Crippen LogP contribution in [-0.2, 0) is 4.74 Å². The fourth-order valence-corrected chi connectivity index (χ4v) is 2.32. The monoisotopic (exact) mass is 238 g/mol.